The maximum atomic E-state index is 11.5. The molecule has 0 amide bonds. The van der Waals surface area contributed by atoms with Crippen LogP contribution in [0.4, 0.5) is 0 Å². The van der Waals surface area contributed by atoms with E-state index in [1.54, 1.807) is 18.7 Å². The van der Waals surface area contributed by atoms with Gasteiger partial charge in [-0.05, 0) is 60.1 Å². The molecular formula is C17H17BrO2S. The van der Waals surface area contributed by atoms with Crippen molar-refractivity contribution in [3.8, 4) is 5.75 Å². The molecule has 0 aliphatic carbocycles. The van der Waals surface area contributed by atoms with Crippen LogP contribution in [0.5, 0.6) is 5.75 Å². The van der Waals surface area contributed by atoms with Crippen molar-refractivity contribution >= 4 is 33.5 Å². The minimum Gasteiger partial charge on any atom is -0.494 e. The third kappa shape index (κ3) is 4.35. The van der Waals surface area contributed by atoms with Gasteiger partial charge in [0.05, 0.1) is 6.61 Å². The lowest BCUT2D eigenvalue weighted by Crippen LogP contribution is -1.99. The van der Waals surface area contributed by atoms with Crippen molar-refractivity contribution in [2.24, 2.45) is 0 Å². The molecule has 0 fully saturated rings. The maximum Gasteiger partial charge on any atom is 0.159 e. The Morgan fingerprint density at radius 2 is 2.00 bits per heavy atom. The van der Waals surface area contributed by atoms with Crippen LogP contribution in [0.2, 0.25) is 0 Å². The lowest BCUT2D eigenvalue weighted by molar-refractivity contribution is 0.101. The molecule has 0 heterocycles. The smallest absolute Gasteiger partial charge is 0.159 e. The van der Waals surface area contributed by atoms with E-state index in [4.69, 9.17) is 4.74 Å². The number of carbonyl (C=O) groups excluding carboxylic acids is 1. The van der Waals surface area contributed by atoms with Gasteiger partial charge in [-0.1, -0.05) is 12.1 Å². The van der Waals surface area contributed by atoms with Crippen molar-refractivity contribution in [3.05, 3.63) is 58.1 Å². The van der Waals surface area contributed by atoms with Crippen LogP contribution in [0, 0.1) is 0 Å². The Bertz CT molecular complexity index is 640. The molecular weight excluding hydrogens is 348 g/mol. The van der Waals surface area contributed by atoms with E-state index < -0.39 is 0 Å². The monoisotopic (exact) mass is 364 g/mol. The first-order valence-electron chi connectivity index (χ1n) is 6.75. The molecule has 0 aliphatic rings. The molecule has 0 bridgehead atoms. The predicted molar refractivity (Wildman–Crippen MR) is 91.3 cm³/mol. The lowest BCUT2D eigenvalue weighted by Gasteiger charge is -2.12. The number of hydrogen-bond acceptors (Lipinski definition) is 3. The zero-order valence-electron chi connectivity index (χ0n) is 12.1. The van der Waals surface area contributed by atoms with Gasteiger partial charge in [-0.2, -0.15) is 0 Å². The molecule has 2 nitrogen and oxygen atoms in total. The fourth-order valence-electron chi connectivity index (χ4n) is 1.92. The summed E-state index contributed by atoms with van der Waals surface area (Å²) in [5.74, 6) is 1.69. The van der Waals surface area contributed by atoms with E-state index in [9.17, 15) is 4.79 Å². The lowest BCUT2D eigenvalue weighted by atomic mass is 10.1. The summed E-state index contributed by atoms with van der Waals surface area (Å²) in [6, 6.07) is 13.7. The molecule has 0 aliphatic heterocycles. The molecule has 0 saturated carbocycles. The van der Waals surface area contributed by atoms with Crippen molar-refractivity contribution in [1.82, 2.24) is 0 Å². The summed E-state index contributed by atoms with van der Waals surface area (Å²) in [6.45, 7) is 4.16. The number of ether oxygens (including phenoxy) is 1. The number of carbonyl (C=O) groups is 1. The van der Waals surface area contributed by atoms with Gasteiger partial charge in [-0.25, -0.2) is 0 Å². The zero-order chi connectivity index (χ0) is 15.2. The second kappa shape index (κ2) is 7.66. The second-order valence-corrected chi connectivity index (χ2v) is 6.40. The Morgan fingerprint density at radius 1 is 1.24 bits per heavy atom. The van der Waals surface area contributed by atoms with Crippen LogP contribution in [-0.4, -0.2) is 12.4 Å². The van der Waals surface area contributed by atoms with Gasteiger partial charge in [0, 0.05) is 26.2 Å². The highest BCUT2D eigenvalue weighted by Crippen LogP contribution is 2.33. The number of rotatable bonds is 6. The fraction of sp³-hybridized carbons (Fsp3) is 0.235. The summed E-state index contributed by atoms with van der Waals surface area (Å²) in [6.07, 6.45) is 0. The average molecular weight is 365 g/mol. The summed E-state index contributed by atoms with van der Waals surface area (Å²) in [4.78, 5) is 12.7. The third-order valence-electron chi connectivity index (χ3n) is 2.99. The van der Waals surface area contributed by atoms with Crippen LogP contribution in [0.25, 0.3) is 0 Å². The van der Waals surface area contributed by atoms with E-state index in [0.29, 0.717) is 6.61 Å². The number of Topliss-reactive ketones (excluding diaryl/α,β-unsaturated/α-hetero) is 1. The standard InChI is InChI=1S/C17H17BrO2S/c1-3-20-16-9-8-13(12(2)19)10-14(16)11-21-17-7-5-4-6-15(17)18/h4-10H,3,11H2,1-2H3. The molecule has 110 valence electrons. The quantitative estimate of drug-likeness (QED) is 0.510. The Balaban J connectivity index is 2.22. The van der Waals surface area contributed by atoms with Crippen LogP contribution in [0.3, 0.4) is 0 Å². The molecule has 2 aromatic carbocycles. The van der Waals surface area contributed by atoms with Crippen molar-refractivity contribution in [2.75, 3.05) is 6.61 Å². The summed E-state index contributed by atoms with van der Waals surface area (Å²) in [5, 5.41) is 0. The van der Waals surface area contributed by atoms with Crippen molar-refractivity contribution in [1.29, 1.82) is 0 Å². The van der Waals surface area contributed by atoms with E-state index in [2.05, 4.69) is 22.0 Å². The average Bonchev–Trinajstić information content (AvgIpc) is 2.47. The molecule has 0 aromatic heterocycles. The van der Waals surface area contributed by atoms with E-state index in [-0.39, 0.29) is 5.78 Å². The summed E-state index contributed by atoms with van der Waals surface area (Å²) < 4.78 is 6.73. The van der Waals surface area contributed by atoms with Crippen LogP contribution in [0.1, 0.15) is 29.8 Å². The van der Waals surface area contributed by atoms with Gasteiger partial charge in [0.1, 0.15) is 5.75 Å². The number of benzene rings is 2. The summed E-state index contributed by atoms with van der Waals surface area (Å²) in [5.41, 5.74) is 1.77. The summed E-state index contributed by atoms with van der Waals surface area (Å²) in [7, 11) is 0. The van der Waals surface area contributed by atoms with Crippen LogP contribution in [0.15, 0.2) is 51.8 Å². The molecule has 0 unspecified atom stereocenters. The van der Waals surface area contributed by atoms with E-state index in [1.807, 2.05) is 43.3 Å². The van der Waals surface area contributed by atoms with Crippen molar-refractivity contribution in [2.45, 2.75) is 24.5 Å². The Labute approximate surface area is 138 Å². The third-order valence-corrected chi connectivity index (χ3v) is 5.06. The summed E-state index contributed by atoms with van der Waals surface area (Å²) >= 11 is 5.27. The van der Waals surface area contributed by atoms with Crippen LogP contribution in [-0.2, 0) is 5.75 Å². The largest absolute Gasteiger partial charge is 0.494 e. The van der Waals surface area contributed by atoms with Gasteiger partial charge < -0.3 is 4.74 Å². The van der Waals surface area contributed by atoms with Gasteiger partial charge in [0.15, 0.2) is 5.78 Å². The molecule has 2 rings (SSSR count). The first-order chi connectivity index (χ1) is 10.1. The second-order valence-electron chi connectivity index (χ2n) is 4.53. The van der Waals surface area contributed by atoms with Gasteiger partial charge in [-0.3, -0.25) is 4.79 Å². The normalized spacial score (nSPS) is 10.4. The number of ketones is 1. The zero-order valence-corrected chi connectivity index (χ0v) is 14.5. The van der Waals surface area contributed by atoms with E-state index >= 15 is 0 Å². The minimum absolute atomic E-state index is 0.0743. The van der Waals surface area contributed by atoms with Crippen molar-refractivity contribution < 1.29 is 9.53 Å². The molecule has 0 radical (unpaired) electrons. The first kappa shape index (κ1) is 16.1. The molecule has 21 heavy (non-hydrogen) atoms. The van der Waals surface area contributed by atoms with Crippen molar-refractivity contribution in [3.63, 3.8) is 0 Å². The minimum atomic E-state index is 0.0743. The highest BCUT2D eigenvalue weighted by atomic mass is 79.9. The number of halogens is 1. The Morgan fingerprint density at radius 3 is 2.67 bits per heavy atom. The molecule has 4 heteroatoms. The van der Waals surface area contributed by atoms with Gasteiger partial charge in [-0.15, -0.1) is 11.8 Å². The van der Waals surface area contributed by atoms with E-state index in [1.165, 1.54) is 4.90 Å². The van der Waals surface area contributed by atoms with Gasteiger partial charge in [0.2, 0.25) is 0 Å². The highest BCUT2D eigenvalue weighted by Gasteiger charge is 2.09. The molecule has 0 saturated heterocycles. The van der Waals surface area contributed by atoms with Crippen LogP contribution < -0.4 is 4.74 Å². The predicted octanol–water partition coefficient (Wildman–Crippen LogP) is 5.34. The SMILES string of the molecule is CCOc1ccc(C(C)=O)cc1CSc1ccccc1Br. The molecule has 0 atom stereocenters. The van der Waals surface area contributed by atoms with E-state index in [0.717, 1.165) is 27.1 Å². The molecule has 2 aromatic rings. The fourth-order valence-corrected chi connectivity index (χ4v) is 3.47. The highest BCUT2D eigenvalue weighted by molar-refractivity contribution is 9.10. The number of thioether (sulfide) groups is 1. The Kier molecular flexibility index (Phi) is 5.88. The van der Waals surface area contributed by atoms with Crippen LogP contribution >= 0.6 is 27.7 Å². The number of hydrogen-bond donors (Lipinski definition) is 0. The molecule has 0 spiro atoms. The first-order valence-corrected chi connectivity index (χ1v) is 8.53. The van der Waals surface area contributed by atoms with Gasteiger partial charge in [0.25, 0.3) is 0 Å². The van der Waals surface area contributed by atoms with Gasteiger partial charge >= 0.3 is 0 Å². The topological polar surface area (TPSA) is 26.3 Å². The molecule has 0 N–H and O–H groups in total. The maximum absolute atomic E-state index is 11.5. The Hall–Kier alpha value is -1.26.